The number of hydrogen-bond acceptors (Lipinski definition) is 7. The monoisotopic (exact) mass is 389 g/mol. The molecule has 3 aromatic rings. The normalized spacial score (nSPS) is 12.9. The van der Waals surface area contributed by atoms with Crippen molar-refractivity contribution in [2.24, 2.45) is 5.92 Å². The van der Waals surface area contributed by atoms with Gasteiger partial charge in [-0.3, -0.25) is 4.72 Å². The fourth-order valence-electron chi connectivity index (χ4n) is 2.38. The van der Waals surface area contributed by atoms with Crippen molar-refractivity contribution in [2.45, 2.75) is 26.8 Å². The molecule has 144 valence electrons. The van der Waals surface area contributed by atoms with Crippen LogP contribution in [0.1, 0.15) is 20.8 Å². The first kappa shape index (κ1) is 18.9. The van der Waals surface area contributed by atoms with Gasteiger partial charge in [0, 0.05) is 11.7 Å². The Kier molecular flexibility index (Phi) is 5.17. The molecule has 0 fully saturated rings. The van der Waals surface area contributed by atoms with Gasteiger partial charge in [-0.15, -0.1) is 0 Å². The highest BCUT2D eigenvalue weighted by atomic mass is 32.2. The summed E-state index contributed by atoms with van der Waals surface area (Å²) in [5.74, 6) is 1.43. The van der Waals surface area contributed by atoms with Crippen LogP contribution < -0.4 is 15.4 Å². The van der Waals surface area contributed by atoms with Crippen molar-refractivity contribution < 1.29 is 8.42 Å². The van der Waals surface area contributed by atoms with E-state index in [1.54, 1.807) is 30.6 Å². The lowest BCUT2D eigenvalue weighted by Gasteiger charge is -2.18. The molecule has 0 aliphatic rings. The van der Waals surface area contributed by atoms with Gasteiger partial charge in [0.1, 0.15) is 5.52 Å². The van der Waals surface area contributed by atoms with E-state index in [1.165, 1.54) is 0 Å². The second-order valence-corrected chi connectivity index (χ2v) is 8.50. The molecule has 10 heteroatoms. The molecule has 0 radical (unpaired) electrons. The van der Waals surface area contributed by atoms with Gasteiger partial charge >= 0.3 is 0 Å². The van der Waals surface area contributed by atoms with E-state index >= 15 is 0 Å². The Morgan fingerprint density at radius 1 is 1.11 bits per heavy atom. The van der Waals surface area contributed by atoms with Crippen molar-refractivity contribution >= 4 is 44.3 Å². The molecule has 0 amide bonds. The van der Waals surface area contributed by atoms with Crippen LogP contribution in [-0.4, -0.2) is 40.7 Å². The van der Waals surface area contributed by atoms with Crippen LogP contribution in [0.4, 0.5) is 23.1 Å². The Bertz CT molecular complexity index is 1050. The first-order valence-electron chi connectivity index (χ1n) is 8.54. The van der Waals surface area contributed by atoms with Gasteiger partial charge in [0.25, 0.3) is 0 Å². The standard InChI is InChI=1S/C17H23N7O2S/c1-10(2)11(3)20-16-14-15(19-9-18-14)22-17(23-16)21-12-6-5-7-13(8-12)24-27(4,25)26/h5-11,24H,1-4H3,(H3,18,19,20,21,22,23)/t11-/m1/s1. The fourth-order valence-corrected chi connectivity index (χ4v) is 2.93. The zero-order valence-corrected chi connectivity index (χ0v) is 16.4. The smallest absolute Gasteiger partial charge is 0.231 e. The van der Waals surface area contributed by atoms with Crippen LogP contribution in [0.2, 0.25) is 0 Å². The number of anilines is 4. The molecule has 1 atom stereocenters. The maximum atomic E-state index is 11.4. The number of aromatic amines is 1. The summed E-state index contributed by atoms with van der Waals surface area (Å²) in [5, 5.41) is 6.48. The van der Waals surface area contributed by atoms with E-state index in [0.29, 0.717) is 40.2 Å². The highest BCUT2D eigenvalue weighted by molar-refractivity contribution is 7.92. The summed E-state index contributed by atoms with van der Waals surface area (Å²) in [5.41, 5.74) is 2.39. The van der Waals surface area contributed by atoms with Crippen LogP contribution in [0.15, 0.2) is 30.6 Å². The largest absolute Gasteiger partial charge is 0.365 e. The maximum absolute atomic E-state index is 11.4. The summed E-state index contributed by atoms with van der Waals surface area (Å²) in [7, 11) is -3.35. The van der Waals surface area contributed by atoms with Crippen molar-refractivity contribution in [3.8, 4) is 0 Å². The number of aromatic nitrogens is 4. The summed E-state index contributed by atoms with van der Waals surface area (Å²) >= 11 is 0. The van der Waals surface area contributed by atoms with E-state index in [4.69, 9.17) is 0 Å². The molecule has 0 unspecified atom stereocenters. The average Bonchev–Trinajstić information content (AvgIpc) is 3.02. The Morgan fingerprint density at radius 3 is 2.56 bits per heavy atom. The molecule has 3 rings (SSSR count). The number of benzene rings is 1. The first-order valence-corrected chi connectivity index (χ1v) is 10.4. The quantitative estimate of drug-likeness (QED) is 0.489. The molecule has 2 aromatic heterocycles. The third-order valence-electron chi connectivity index (χ3n) is 4.07. The third-order valence-corrected chi connectivity index (χ3v) is 4.67. The lowest BCUT2D eigenvalue weighted by molar-refractivity contribution is 0.559. The van der Waals surface area contributed by atoms with Crippen LogP contribution in [-0.2, 0) is 10.0 Å². The number of rotatable bonds is 7. The molecule has 0 aliphatic heterocycles. The lowest BCUT2D eigenvalue weighted by Crippen LogP contribution is -2.22. The second-order valence-electron chi connectivity index (χ2n) is 6.75. The molecule has 9 nitrogen and oxygen atoms in total. The number of hydrogen-bond donors (Lipinski definition) is 4. The van der Waals surface area contributed by atoms with Crippen LogP contribution in [0, 0.1) is 5.92 Å². The van der Waals surface area contributed by atoms with Gasteiger partial charge in [0.2, 0.25) is 16.0 Å². The highest BCUT2D eigenvalue weighted by Crippen LogP contribution is 2.24. The van der Waals surface area contributed by atoms with Gasteiger partial charge in [-0.2, -0.15) is 9.97 Å². The molecular formula is C17H23N7O2S. The minimum atomic E-state index is -3.35. The molecule has 0 saturated heterocycles. The fraction of sp³-hybridized carbons (Fsp3) is 0.353. The van der Waals surface area contributed by atoms with E-state index in [0.717, 1.165) is 6.26 Å². The zero-order chi connectivity index (χ0) is 19.6. The molecule has 0 bridgehead atoms. The van der Waals surface area contributed by atoms with Crippen LogP contribution in [0.5, 0.6) is 0 Å². The van der Waals surface area contributed by atoms with Crippen molar-refractivity contribution in [3.05, 3.63) is 30.6 Å². The Hall–Kier alpha value is -2.88. The van der Waals surface area contributed by atoms with Crippen molar-refractivity contribution in [2.75, 3.05) is 21.6 Å². The molecule has 0 spiro atoms. The van der Waals surface area contributed by atoms with Gasteiger partial charge in [0.05, 0.1) is 18.3 Å². The topological polar surface area (TPSA) is 125 Å². The van der Waals surface area contributed by atoms with Crippen LogP contribution >= 0.6 is 0 Å². The number of fused-ring (bicyclic) bond motifs is 1. The van der Waals surface area contributed by atoms with E-state index in [2.05, 4.69) is 56.1 Å². The Balaban J connectivity index is 1.90. The van der Waals surface area contributed by atoms with Gasteiger partial charge in [0.15, 0.2) is 11.5 Å². The van der Waals surface area contributed by atoms with Crippen LogP contribution in [0.3, 0.4) is 0 Å². The number of imidazole rings is 1. The number of nitrogens with one attached hydrogen (secondary N) is 4. The SMILES string of the molecule is CC(C)[C@@H](C)Nc1nc(Nc2cccc(NS(C)(=O)=O)c2)nc2[nH]cnc12. The Morgan fingerprint density at radius 2 is 1.85 bits per heavy atom. The van der Waals surface area contributed by atoms with Gasteiger partial charge in [-0.1, -0.05) is 19.9 Å². The molecule has 4 N–H and O–H groups in total. The summed E-state index contributed by atoms with van der Waals surface area (Å²) in [6.07, 6.45) is 2.68. The van der Waals surface area contributed by atoms with E-state index in [1.807, 2.05) is 0 Å². The number of nitrogens with zero attached hydrogens (tertiary/aromatic N) is 3. The molecule has 0 saturated carbocycles. The third kappa shape index (κ3) is 4.85. The van der Waals surface area contributed by atoms with Gasteiger partial charge in [-0.25, -0.2) is 13.4 Å². The summed E-state index contributed by atoms with van der Waals surface area (Å²) in [6, 6.07) is 7.09. The van der Waals surface area contributed by atoms with Crippen molar-refractivity contribution in [3.63, 3.8) is 0 Å². The number of H-pyrrole nitrogens is 1. The summed E-state index contributed by atoms with van der Waals surface area (Å²) < 4.78 is 25.3. The molecule has 1 aromatic carbocycles. The van der Waals surface area contributed by atoms with E-state index in [-0.39, 0.29) is 6.04 Å². The Labute approximate surface area is 158 Å². The minimum Gasteiger partial charge on any atom is -0.365 e. The average molecular weight is 389 g/mol. The lowest BCUT2D eigenvalue weighted by atomic mass is 10.1. The van der Waals surface area contributed by atoms with Crippen LogP contribution in [0.25, 0.3) is 11.2 Å². The summed E-state index contributed by atoms with van der Waals surface area (Å²) in [6.45, 7) is 6.33. The molecule has 27 heavy (non-hydrogen) atoms. The zero-order valence-electron chi connectivity index (χ0n) is 15.6. The molecule has 2 heterocycles. The van der Waals surface area contributed by atoms with E-state index in [9.17, 15) is 8.42 Å². The summed E-state index contributed by atoms with van der Waals surface area (Å²) in [4.78, 5) is 16.3. The maximum Gasteiger partial charge on any atom is 0.231 e. The highest BCUT2D eigenvalue weighted by Gasteiger charge is 2.14. The predicted octanol–water partition coefficient (Wildman–Crippen LogP) is 2.92. The van der Waals surface area contributed by atoms with Gasteiger partial charge < -0.3 is 15.6 Å². The van der Waals surface area contributed by atoms with Crippen molar-refractivity contribution in [1.29, 1.82) is 0 Å². The predicted molar refractivity (Wildman–Crippen MR) is 108 cm³/mol. The second kappa shape index (κ2) is 7.39. The molecule has 0 aliphatic carbocycles. The van der Waals surface area contributed by atoms with Gasteiger partial charge in [-0.05, 0) is 31.0 Å². The minimum absolute atomic E-state index is 0.204. The first-order chi connectivity index (χ1) is 12.7. The molecular weight excluding hydrogens is 366 g/mol. The number of sulfonamides is 1. The van der Waals surface area contributed by atoms with Crippen molar-refractivity contribution in [1.82, 2.24) is 19.9 Å². The van der Waals surface area contributed by atoms with E-state index < -0.39 is 10.0 Å².